The molecule has 0 saturated heterocycles. The van der Waals surface area contributed by atoms with Gasteiger partial charge in [0.15, 0.2) is 11.5 Å². The number of fused-ring (bicyclic) bond motifs is 1. The second-order valence-electron chi connectivity index (χ2n) is 5.57. The molecule has 0 bridgehead atoms. The van der Waals surface area contributed by atoms with Gasteiger partial charge in [0.05, 0.1) is 18.2 Å². The second-order valence-corrected chi connectivity index (χ2v) is 5.97. The molecule has 0 fully saturated rings. The number of amides is 2. The van der Waals surface area contributed by atoms with E-state index >= 15 is 0 Å². The predicted octanol–water partition coefficient (Wildman–Crippen LogP) is 4.28. The monoisotopic (exact) mass is 402 g/mol. The first kappa shape index (κ1) is 19.5. The summed E-state index contributed by atoms with van der Waals surface area (Å²) in [6.45, 7) is 3.60. The van der Waals surface area contributed by atoms with Crippen LogP contribution in [0.2, 0.25) is 5.02 Å². The van der Waals surface area contributed by atoms with Crippen LogP contribution in [-0.4, -0.2) is 34.8 Å². The highest BCUT2D eigenvalue weighted by atomic mass is 35.5. The zero-order valence-corrected chi connectivity index (χ0v) is 16.1. The van der Waals surface area contributed by atoms with E-state index in [0.29, 0.717) is 16.4 Å². The predicted molar refractivity (Wildman–Crippen MR) is 105 cm³/mol. The Bertz CT molecular complexity index is 990. The van der Waals surface area contributed by atoms with Crippen LogP contribution in [0.25, 0.3) is 16.9 Å². The Morgan fingerprint density at radius 3 is 2.50 bits per heavy atom. The van der Waals surface area contributed by atoms with E-state index in [-0.39, 0.29) is 19.0 Å². The number of benzene rings is 1. The van der Waals surface area contributed by atoms with Crippen molar-refractivity contribution in [3.8, 4) is 11.3 Å². The number of nitrogens with one attached hydrogen (secondary N) is 1. The number of rotatable bonds is 4. The quantitative estimate of drug-likeness (QED) is 0.658. The van der Waals surface area contributed by atoms with Gasteiger partial charge in [0.1, 0.15) is 5.69 Å². The molecule has 0 aliphatic carbocycles. The molecule has 0 unspecified atom stereocenters. The van der Waals surface area contributed by atoms with Crippen molar-refractivity contribution in [2.24, 2.45) is 0 Å². The third-order valence-electron chi connectivity index (χ3n) is 3.77. The van der Waals surface area contributed by atoms with Gasteiger partial charge in [-0.05, 0) is 26.0 Å². The molecule has 1 N–H and O–H groups in total. The van der Waals surface area contributed by atoms with E-state index in [9.17, 15) is 9.59 Å². The van der Waals surface area contributed by atoms with Crippen molar-refractivity contribution in [3.63, 3.8) is 0 Å². The van der Waals surface area contributed by atoms with Gasteiger partial charge in [0, 0.05) is 11.8 Å². The lowest BCUT2D eigenvalue weighted by Gasteiger charge is -2.22. The van der Waals surface area contributed by atoms with Gasteiger partial charge < -0.3 is 9.47 Å². The number of pyridine rings is 1. The lowest BCUT2D eigenvalue weighted by atomic mass is 10.1. The number of anilines is 1. The van der Waals surface area contributed by atoms with Gasteiger partial charge in [0.2, 0.25) is 0 Å². The molecule has 3 aromatic rings. The molecule has 0 aliphatic heterocycles. The number of hydrogen-bond acceptors (Lipinski definition) is 5. The molecule has 2 amide bonds. The van der Waals surface area contributed by atoms with Crippen LogP contribution in [0.3, 0.4) is 0 Å². The Balaban J connectivity index is 2.22. The molecule has 146 valence electrons. The summed E-state index contributed by atoms with van der Waals surface area (Å²) < 4.78 is 11.6. The SMILES string of the molecule is CCOC(=O)NN(C(=O)OCC)c1c(-c2ccccc2)nc2c(Cl)cccn12. The molecule has 0 radical (unpaired) electrons. The maximum Gasteiger partial charge on any atom is 0.435 e. The molecule has 28 heavy (non-hydrogen) atoms. The molecule has 3 rings (SSSR count). The summed E-state index contributed by atoms with van der Waals surface area (Å²) in [6.07, 6.45) is 0.107. The highest BCUT2D eigenvalue weighted by molar-refractivity contribution is 6.33. The van der Waals surface area contributed by atoms with Crippen LogP contribution >= 0.6 is 11.6 Å². The van der Waals surface area contributed by atoms with Crippen molar-refractivity contribution in [2.45, 2.75) is 13.8 Å². The lowest BCUT2D eigenvalue weighted by Crippen LogP contribution is -2.48. The van der Waals surface area contributed by atoms with Gasteiger partial charge in [-0.25, -0.2) is 20.0 Å². The number of ether oxygens (including phenoxy) is 2. The van der Waals surface area contributed by atoms with Gasteiger partial charge in [0.25, 0.3) is 0 Å². The molecule has 0 atom stereocenters. The van der Waals surface area contributed by atoms with E-state index < -0.39 is 12.2 Å². The third kappa shape index (κ3) is 3.86. The topological polar surface area (TPSA) is 85.2 Å². The van der Waals surface area contributed by atoms with Crippen molar-refractivity contribution in [2.75, 3.05) is 18.2 Å². The van der Waals surface area contributed by atoms with E-state index in [4.69, 9.17) is 21.1 Å². The maximum atomic E-state index is 12.7. The molecular formula is C19H19ClN4O4. The normalized spacial score (nSPS) is 10.5. The van der Waals surface area contributed by atoms with Gasteiger partial charge in [-0.2, -0.15) is 5.01 Å². The van der Waals surface area contributed by atoms with Crippen molar-refractivity contribution in [1.82, 2.24) is 14.8 Å². The molecule has 0 spiro atoms. The van der Waals surface area contributed by atoms with Crippen LogP contribution in [-0.2, 0) is 9.47 Å². The molecular weight excluding hydrogens is 384 g/mol. The van der Waals surface area contributed by atoms with Crippen LogP contribution in [0, 0.1) is 0 Å². The van der Waals surface area contributed by atoms with Crippen molar-refractivity contribution in [3.05, 3.63) is 53.7 Å². The fourth-order valence-electron chi connectivity index (χ4n) is 2.65. The highest BCUT2D eigenvalue weighted by Crippen LogP contribution is 2.33. The summed E-state index contributed by atoms with van der Waals surface area (Å²) in [4.78, 5) is 29.3. The van der Waals surface area contributed by atoms with E-state index in [2.05, 4.69) is 10.4 Å². The van der Waals surface area contributed by atoms with Crippen molar-refractivity contribution >= 4 is 35.3 Å². The number of nitrogens with zero attached hydrogens (tertiary/aromatic N) is 3. The van der Waals surface area contributed by atoms with Crippen molar-refractivity contribution in [1.29, 1.82) is 0 Å². The molecule has 8 nitrogen and oxygen atoms in total. The molecule has 2 aromatic heterocycles. The zero-order valence-electron chi connectivity index (χ0n) is 15.4. The summed E-state index contributed by atoms with van der Waals surface area (Å²) in [5, 5.41) is 1.37. The Kier molecular flexibility index (Phi) is 6.00. The minimum absolute atomic E-state index is 0.123. The summed E-state index contributed by atoms with van der Waals surface area (Å²) in [5.41, 5.74) is 4.03. The summed E-state index contributed by atoms with van der Waals surface area (Å²) in [5.74, 6) is 0.273. The van der Waals surface area contributed by atoms with Crippen LogP contribution in [0.15, 0.2) is 48.7 Å². The molecule has 1 aromatic carbocycles. The Morgan fingerprint density at radius 1 is 1.11 bits per heavy atom. The van der Waals surface area contributed by atoms with Crippen LogP contribution in [0.1, 0.15) is 13.8 Å². The van der Waals surface area contributed by atoms with Gasteiger partial charge in [-0.3, -0.25) is 4.40 Å². The Labute approximate surface area is 166 Å². The average Bonchev–Trinajstić information content (AvgIpc) is 3.08. The number of halogens is 1. The largest absolute Gasteiger partial charge is 0.449 e. The molecule has 0 saturated carbocycles. The summed E-state index contributed by atoms with van der Waals surface area (Å²) >= 11 is 6.30. The van der Waals surface area contributed by atoms with E-state index in [0.717, 1.165) is 10.6 Å². The minimum atomic E-state index is -0.799. The van der Waals surface area contributed by atoms with E-state index in [1.807, 2.05) is 30.3 Å². The Morgan fingerprint density at radius 2 is 1.82 bits per heavy atom. The first-order valence-electron chi connectivity index (χ1n) is 8.69. The first-order chi connectivity index (χ1) is 13.6. The second kappa shape index (κ2) is 8.62. The van der Waals surface area contributed by atoms with Crippen molar-refractivity contribution < 1.29 is 19.1 Å². The summed E-state index contributed by atoms with van der Waals surface area (Å²) in [7, 11) is 0. The number of hydrazine groups is 1. The third-order valence-corrected chi connectivity index (χ3v) is 4.06. The van der Waals surface area contributed by atoms with Crippen LogP contribution in [0.4, 0.5) is 15.4 Å². The number of carbonyl (C=O) groups excluding carboxylic acids is 2. The number of imidazole rings is 1. The first-order valence-corrected chi connectivity index (χ1v) is 9.06. The van der Waals surface area contributed by atoms with Gasteiger partial charge >= 0.3 is 12.2 Å². The van der Waals surface area contributed by atoms with Crippen LogP contribution in [0.5, 0.6) is 0 Å². The van der Waals surface area contributed by atoms with Gasteiger partial charge in [-0.1, -0.05) is 41.9 Å². The fourth-order valence-corrected chi connectivity index (χ4v) is 2.86. The lowest BCUT2D eigenvalue weighted by molar-refractivity contribution is 0.138. The van der Waals surface area contributed by atoms with E-state index in [1.165, 1.54) is 0 Å². The standard InChI is InChI=1S/C19H19ClN4O4/c1-3-27-18(25)22-24(19(26)28-4-2)17-15(13-9-6-5-7-10-13)21-16-14(20)11-8-12-23(16)17/h5-12H,3-4H2,1-2H3,(H,22,25). The Hall–Kier alpha value is -3.26. The number of carbonyl (C=O) groups is 2. The average molecular weight is 403 g/mol. The molecule has 2 heterocycles. The highest BCUT2D eigenvalue weighted by Gasteiger charge is 2.29. The maximum absolute atomic E-state index is 12.7. The molecule has 0 aliphatic rings. The number of hydrogen-bond donors (Lipinski definition) is 1. The fraction of sp³-hybridized carbons (Fsp3) is 0.211. The number of aromatic nitrogens is 2. The summed E-state index contributed by atoms with van der Waals surface area (Å²) in [6, 6.07) is 12.6. The molecule has 9 heteroatoms. The minimum Gasteiger partial charge on any atom is -0.449 e. The van der Waals surface area contributed by atoms with E-state index in [1.54, 1.807) is 36.6 Å². The smallest absolute Gasteiger partial charge is 0.435 e. The van der Waals surface area contributed by atoms with Crippen LogP contribution < -0.4 is 10.4 Å². The van der Waals surface area contributed by atoms with Gasteiger partial charge in [-0.15, -0.1) is 0 Å². The zero-order chi connectivity index (χ0) is 20.1.